The van der Waals surface area contributed by atoms with Gasteiger partial charge in [0.25, 0.3) is 5.91 Å². The third-order valence-electron chi connectivity index (χ3n) is 2.91. The summed E-state index contributed by atoms with van der Waals surface area (Å²) in [5, 5.41) is 5.98. The first-order chi connectivity index (χ1) is 9.15. The number of hydrogen-bond donors (Lipinski definition) is 3. The third kappa shape index (κ3) is 4.71. The van der Waals surface area contributed by atoms with E-state index in [1.54, 1.807) is 24.3 Å². The molecule has 1 aliphatic heterocycles. The van der Waals surface area contributed by atoms with Gasteiger partial charge in [-0.3, -0.25) is 9.59 Å². The van der Waals surface area contributed by atoms with E-state index in [4.69, 9.17) is 10.5 Å². The van der Waals surface area contributed by atoms with Gasteiger partial charge >= 0.3 is 0 Å². The first-order valence-electron chi connectivity index (χ1n) is 6.18. The molecule has 1 aliphatic rings. The van der Waals surface area contributed by atoms with Gasteiger partial charge < -0.3 is 21.1 Å². The van der Waals surface area contributed by atoms with Crippen molar-refractivity contribution in [1.29, 1.82) is 0 Å². The van der Waals surface area contributed by atoms with Gasteiger partial charge in [0.15, 0.2) is 6.61 Å². The molecule has 2 rings (SSSR count). The van der Waals surface area contributed by atoms with Gasteiger partial charge in [0.2, 0.25) is 5.91 Å². The average Bonchev–Trinajstić information content (AvgIpc) is 2.91. The maximum Gasteiger partial charge on any atom is 0.255 e. The highest BCUT2D eigenvalue weighted by Gasteiger charge is 2.22. The summed E-state index contributed by atoms with van der Waals surface area (Å²) in [7, 11) is 0. The molecule has 1 heterocycles. The number of ether oxygens (including phenoxy) is 1. The standard InChI is InChI=1S/C13H17N3O3.ClH/c14-12(17)8-19-11-3-1-2-10(6-11)16-13(18)9-4-5-15-7-9;/h1-3,6,9,15H,4-5,7-8H2,(H2,14,17)(H,16,18);1H. The summed E-state index contributed by atoms with van der Waals surface area (Å²) in [4.78, 5) is 22.6. The fourth-order valence-corrected chi connectivity index (χ4v) is 1.94. The normalized spacial score (nSPS) is 17.1. The lowest BCUT2D eigenvalue weighted by molar-refractivity contribution is -0.120. The van der Waals surface area contributed by atoms with Crippen molar-refractivity contribution in [3.8, 4) is 5.75 Å². The predicted molar refractivity (Wildman–Crippen MR) is 78.0 cm³/mol. The highest BCUT2D eigenvalue weighted by atomic mass is 35.5. The molecule has 1 atom stereocenters. The molecule has 1 saturated heterocycles. The van der Waals surface area contributed by atoms with Crippen molar-refractivity contribution in [2.24, 2.45) is 11.7 Å². The van der Waals surface area contributed by atoms with E-state index in [1.165, 1.54) is 0 Å². The maximum absolute atomic E-state index is 11.9. The Morgan fingerprint density at radius 1 is 1.45 bits per heavy atom. The van der Waals surface area contributed by atoms with E-state index in [1.807, 2.05) is 0 Å². The molecule has 0 aliphatic carbocycles. The quantitative estimate of drug-likeness (QED) is 0.739. The monoisotopic (exact) mass is 299 g/mol. The first kappa shape index (κ1) is 16.3. The van der Waals surface area contributed by atoms with Crippen molar-refractivity contribution < 1.29 is 14.3 Å². The minimum atomic E-state index is -0.536. The summed E-state index contributed by atoms with van der Waals surface area (Å²) in [6, 6.07) is 6.90. The number of carbonyl (C=O) groups excluding carboxylic acids is 2. The molecular weight excluding hydrogens is 282 g/mol. The van der Waals surface area contributed by atoms with Crippen molar-refractivity contribution >= 4 is 29.9 Å². The van der Waals surface area contributed by atoms with Crippen LogP contribution in [0.15, 0.2) is 24.3 Å². The Morgan fingerprint density at radius 2 is 2.25 bits per heavy atom. The number of primary amides is 1. The van der Waals surface area contributed by atoms with Crippen LogP contribution in [0.2, 0.25) is 0 Å². The number of nitrogens with two attached hydrogens (primary N) is 1. The molecule has 4 N–H and O–H groups in total. The Balaban J connectivity index is 0.00000200. The smallest absolute Gasteiger partial charge is 0.255 e. The van der Waals surface area contributed by atoms with Crippen LogP contribution in [0.5, 0.6) is 5.75 Å². The summed E-state index contributed by atoms with van der Waals surface area (Å²) in [6.07, 6.45) is 0.851. The minimum absolute atomic E-state index is 0. The van der Waals surface area contributed by atoms with Crippen molar-refractivity contribution in [1.82, 2.24) is 5.32 Å². The SMILES string of the molecule is Cl.NC(=O)COc1cccc(NC(=O)C2CCNC2)c1. The van der Waals surface area contributed by atoms with Crippen LogP contribution in [-0.2, 0) is 9.59 Å². The van der Waals surface area contributed by atoms with Gasteiger partial charge in [0.05, 0.1) is 5.92 Å². The second kappa shape index (κ2) is 7.72. The Labute approximate surface area is 123 Å². The molecule has 0 radical (unpaired) electrons. The van der Waals surface area contributed by atoms with Crippen molar-refractivity contribution in [2.75, 3.05) is 25.0 Å². The van der Waals surface area contributed by atoms with Gasteiger partial charge in [0.1, 0.15) is 5.75 Å². The summed E-state index contributed by atoms with van der Waals surface area (Å²) < 4.78 is 5.18. The molecule has 0 aromatic heterocycles. The number of rotatable bonds is 5. The van der Waals surface area contributed by atoms with Gasteiger partial charge in [-0.15, -0.1) is 12.4 Å². The van der Waals surface area contributed by atoms with Crippen molar-refractivity contribution in [3.63, 3.8) is 0 Å². The van der Waals surface area contributed by atoms with E-state index in [9.17, 15) is 9.59 Å². The number of halogens is 1. The van der Waals surface area contributed by atoms with E-state index < -0.39 is 5.91 Å². The topological polar surface area (TPSA) is 93.5 Å². The largest absolute Gasteiger partial charge is 0.484 e. The van der Waals surface area contributed by atoms with Crippen LogP contribution in [0.4, 0.5) is 5.69 Å². The molecule has 20 heavy (non-hydrogen) atoms. The molecule has 1 fully saturated rings. The van der Waals surface area contributed by atoms with Gasteiger partial charge in [-0.05, 0) is 25.1 Å². The molecule has 1 unspecified atom stereocenters. The first-order valence-corrected chi connectivity index (χ1v) is 6.18. The van der Waals surface area contributed by atoms with Gasteiger partial charge in [-0.1, -0.05) is 6.07 Å². The predicted octanol–water partition coefficient (Wildman–Crippen LogP) is 0.520. The van der Waals surface area contributed by atoms with Crippen LogP contribution in [0.25, 0.3) is 0 Å². The lowest BCUT2D eigenvalue weighted by Crippen LogP contribution is -2.24. The van der Waals surface area contributed by atoms with Crippen LogP contribution in [0, 0.1) is 5.92 Å². The number of anilines is 1. The van der Waals surface area contributed by atoms with Crippen LogP contribution in [0.3, 0.4) is 0 Å². The lowest BCUT2D eigenvalue weighted by Gasteiger charge is -2.11. The molecule has 1 aromatic rings. The Morgan fingerprint density at radius 3 is 2.90 bits per heavy atom. The number of carbonyl (C=O) groups is 2. The van der Waals surface area contributed by atoms with Crippen LogP contribution in [-0.4, -0.2) is 31.5 Å². The number of amides is 2. The second-order valence-corrected chi connectivity index (χ2v) is 4.46. The van der Waals surface area contributed by atoms with Crippen molar-refractivity contribution in [3.05, 3.63) is 24.3 Å². The van der Waals surface area contributed by atoms with Crippen LogP contribution in [0.1, 0.15) is 6.42 Å². The zero-order valence-corrected chi connectivity index (χ0v) is 11.7. The Bertz CT molecular complexity index is 476. The fourth-order valence-electron chi connectivity index (χ4n) is 1.94. The molecular formula is C13H18ClN3O3. The Kier molecular flexibility index (Phi) is 6.27. The van der Waals surface area contributed by atoms with Crippen LogP contribution < -0.4 is 21.1 Å². The van der Waals surface area contributed by atoms with E-state index in [2.05, 4.69) is 10.6 Å². The van der Waals surface area contributed by atoms with Gasteiger partial charge in [-0.25, -0.2) is 0 Å². The summed E-state index contributed by atoms with van der Waals surface area (Å²) in [6.45, 7) is 1.41. The maximum atomic E-state index is 11.9. The Hall–Kier alpha value is -1.79. The van der Waals surface area contributed by atoms with Crippen molar-refractivity contribution in [2.45, 2.75) is 6.42 Å². The minimum Gasteiger partial charge on any atom is -0.484 e. The van der Waals surface area contributed by atoms with Crippen LogP contribution >= 0.6 is 12.4 Å². The van der Waals surface area contributed by atoms with E-state index in [-0.39, 0.29) is 30.8 Å². The second-order valence-electron chi connectivity index (χ2n) is 4.46. The molecule has 110 valence electrons. The lowest BCUT2D eigenvalue weighted by atomic mass is 10.1. The number of nitrogens with one attached hydrogen (secondary N) is 2. The summed E-state index contributed by atoms with van der Waals surface area (Å²) in [5.74, 6) is -0.0279. The van der Waals surface area contributed by atoms with Gasteiger partial charge in [0, 0.05) is 18.3 Å². The molecule has 0 bridgehead atoms. The van der Waals surface area contributed by atoms with E-state index in [0.717, 1.165) is 13.0 Å². The summed E-state index contributed by atoms with van der Waals surface area (Å²) >= 11 is 0. The number of hydrogen-bond acceptors (Lipinski definition) is 4. The molecule has 2 amide bonds. The molecule has 7 heteroatoms. The average molecular weight is 300 g/mol. The van der Waals surface area contributed by atoms with E-state index >= 15 is 0 Å². The highest BCUT2D eigenvalue weighted by molar-refractivity contribution is 5.93. The fraction of sp³-hybridized carbons (Fsp3) is 0.385. The van der Waals surface area contributed by atoms with E-state index in [0.29, 0.717) is 18.0 Å². The zero-order chi connectivity index (χ0) is 13.7. The number of benzene rings is 1. The zero-order valence-electron chi connectivity index (χ0n) is 10.9. The third-order valence-corrected chi connectivity index (χ3v) is 2.91. The van der Waals surface area contributed by atoms with Gasteiger partial charge in [-0.2, -0.15) is 0 Å². The summed E-state index contributed by atoms with van der Waals surface area (Å²) in [5.41, 5.74) is 5.65. The molecule has 6 nitrogen and oxygen atoms in total. The molecule has 0 spiro atoms. The highest BCUT2D eigenvalue weighted by Crippen LogP contribution is 2.19. The molecule has 1 aromatic carbocycles. The molecule has 0 saturated carbocycles.